The molecule has 0 atom stereocenters. The average molecular weight is 355 g/mol. The van der Waals surface area contributed by atoms with Crippen molar-refractivity contribution < 1.29 is 14.4 Å². The fourth-order valence-electron chi connectivity index (χ4n) is 2.78. The summed E-state index contributed by atoms with van der Waals surface area (Å²) in [6.45, 7) is 0.200. The number of nitrogens with zero attached hydrogens (tertiary/aromatic N) is 3. The van der Waals surface area contributed by atoms with E-state index in [1.165, 1.54) is 12.1 Å². The van der Waals surface area contributed by atoms with E-state index < -0.39 is 4.92 Å². The third-order valence-electron chi connectivity index (χ3n) is 4.04. The van der Waals surface area contributed by atoms with Crippen LogP contribution in [-0.4, -0.2) is 28.7 Å². The normalized spacial score (nSPS) is 15.1. The Morgan fingerprint density at radius 3 is 2.52 bits per heavy atom. The Labute approximate surface area is 147 Å². The first-order chi connectivity index (χ1) is 12.2. The molecule has 0 aromatic heterocycles. The van der Waals surface area contributed by atoms with Crippen LogP contribution in [0.4, 0.5) is 5.69 Å². The number of rotatable bonds is 2. The maximum Gasteiger partial charge on any atom is 0.269 e. The average Bonchev–Trinajstić information content (AvgIpc) is 3.00. The van der Waals surface area contributed by atoms with Crippen LogP contribution in [0, 0.1) is 10.1 Å². The molecule has 4 rings (SSSR count). The number of non-ortho nitro benzene ring substituents is 1. The predicted molar refractivity (Wildman–Crippen MR) is 96.0 cm³/mol. The molecule has 0 saturated heterocycles. The van der Waals surface area contributed by atoms with Gasteiger partial charge < -0.3 is 9.47 Å². The Morgan fingerprint density at radius 1 is 1.12 bits per heavy atom. The lowest BCUT2D eigenvalue weighted by atomic mass is 9.95. The van der Waals surface area contributed by atoms with Crippen LogP contribution in [0.2, 0.25) is 0 Å². The summed E-state index contributed by atoms with van der Waals surface area (Å²) < 4.78 is 11.0. The van der Waals surface area contributed by atoms with E-state index in [2.05, 4.69) is 10.2 Å². The number of thioether (sulfide) groups is 1. The highest BCUT2D eigenvalue weighted by Gasteiger charge is 2.23. The lowest BCUT2D eigenvalue weighted by molar-refractivity contribution is -0.384. The minimum absolute atomic E-state index is 0.0391. The van der Waals surface area contributed by atoms with Gasteiger partial charge in [-0.25, -0.2) is 0 Å². The zero-order chi connectivity index (χ0) is 17.4. The van der Waals surface area contributed by atoms with Gasteiger partial charge in [-0.05, 0) is 36.1 Å². The van der Waals surface area contributed by atoms with Crippen molar-refractivity contribution in [3.05, 3.63) is 63.2 Å². The first-order valence-electron chi connectivity index (χ1n) is 7.52. The van der Waals surface area contributed by atoms with Gasteiger partial charge in [0.1, 0.15) is 5.71 Å². The summed E-state index contributed by atoms with van der Waals surface area (Å²) >= 11 is 1.54. The molecule has 0 bridgehead atoms. The van der Waals surface area contributed by atoms with Gasteiger partial charge in [-0.1, -0.05) is 0 Å². The fourth-order valence-corrected chi connectivity index (χ4v) is 3.20. The van der Waals surface area contributed by atoms with Gasteiger partial charge in [0, 0.05) is 29.7 Å². The van der Waals surface area contributed by atoms with Crippen LogP contribution in [0.5, 0.6) is 11.5 Å². The number of nitro benzene ring substituents is 1. The molecule has 25 heavy (non-hydrogen) atoms. The van der Waals surface area contributed by atoms with Gasteiger partial charge in [-0.15, -0.1) is 22.0 Å². The van der Waals surface area contributed by atoms with E-state index in [0.717, 1.165) is 21.7 Å². The molecule has 126 valence electrons. The molecule has 2 aromatic carbocycles. The lowest BCUT2D eigenvalue weighted by Gasteiger charge is -2.11. The quantitative estimate of drug-likeness (QED) is 0.609. The first-order valence-corrected chi connectivity index (χ1v) is 8.74. The molecule has 0 fully saturated rings. The van der Waals surface area contributed by atoms with Gasteiger partial charge in [-0.3, -0.25) is 10.1 Å². The third kappa shape index (κ3) is 2.85. The van der Waals surface area contributed by atoms with E-state index in [4.69, 9.17) is 9.47 Å². The SMILES string of the molecule is CSC1=NN=C(c2ccc([N+](=O)[O-])cc2)c2cc3c(cc2C1)OCO3. The predicted octanol–water partition coefficient (Wildman–Crippen LogP) is 3.39. The van der Waals surface area contributed by atoms with Gasteiger partial charge >= 0.3 is 0 Å². The molecule has 2 aliphatic rings. The van der Waals surface area contributed by atoms with E-state index in [1.54, 1.807) is 23.9 Å². The second kappa shape index (κ2) is 6.21. The van der Waals surface area contributed by atoms with Crippen LogP contribution < -0.4 is 9.47 Å². The Morgan fingerprint density at radius 2 is 1.84 bits per heavy atom. The van der Waals surface area contributed by atoms with Crippen LogP contribution in [0.25, 0.3) is 0 Å². The third-order valence-corrected chi connectivity index (χ3v) is 4.74. The van der Waals surface area contributed by atoms with Crippen LogP contribution in [-0.2, 0) is 6.42 Å². The van der Waals surface area contributed by atoms with E-state index >= 15 is 0 Å². The van der Waals surface area contributed by atoms with Gasteiger partial charge in [-0.2, -0.15) is 0 Å². The molecular weight excluding hydrogens is 342 g/mol. The van der Waals surface area contributed by atoms with E-state index in [9.17, 15) is 10.1 Å². The molecule has 0 N–H and O–H groups in total. The number of nitro groups is 1. The second-order valence-electron chi connectivity index (χ2n) is 5.49. The van der Waals surface area contributed by atoms with Crippen molar-refractivity contribution in [2.24, 2.45) is 10.2 Å². The molecule has 2 aromatic rings. The van der Waals surface area contributed by atoms with Gasteiger partial charge in [0.2, 0.25) is 6.79 Å². The number of fused-ring (bicyclic) bond motifs is 2. The Hall–Kier alpha value is -2.87. The minimum Gasteiger partial charge on any atom is -0.454 e. The summed E-state index contributed by atoms with van der Waals surface area (Å²) in [6, 6.07) is 10.2. The Balaban J connectivity index is 1.85. The van der Waals surface area contributed by atoms with Crippen molar-refractivity contribution in [2.45, 2.75) is 6.42 Å². The van der Waals surface area contributed by atoms with E-state index in [0.29, 0.717) is 23.6 Å². The summed E-state index contributed by atoms with van der Waals surface area (Å²) in [5.74, 6) is 1.38. The zero-order valence-electron chi connectivity index (χ0n) is 13.3. The smallest absolute Gasteiger partial charge is 0.269 e. The molecule has 0 spiro atoms. The molecule has 0 aliphatic carbocycles. The topological polar surface area (TPSA) is 86.3 Å². The summed E-state index contributed by atoms with van der Waals surface area (Å²) in [6.07, 6.45) is 2.60. The number of benzene rings is 2. The maximum absolute atomic E-state index is 10.9. The highest BCUT2D eigenvalue weighted by atomic mass is 32.2. The Kier molecular flexibility index (Phi) is 3.89. The number of hydrogen-bond donors (Lipinski definition) is 0. The van der Waals surface area contributed by atoms with E-state index in [-0.39, 0.29) is 12.5 Å². The molecule has 0 radical (unpaired) electrons. The monoisotopic (exact) mass is 355 g/mol. The van der Waals surface area contributed by atoms with E-state index in [1.807, 2.05) is 18.4 Å². The molecule has 2 heterocycles. The lowest BCUT2D eigenvalue weighted by Crippen LogP contribution is -2.07. The van der Waals surface area contributed by atoms with Crippen LogP contribution in [0.3, 0.4) is 0 Å². The molecule has 2 aliphatic heterocycles. The van der Waals surface area contributed by atoms with Crippen LogP contribution >= 0.6 is 11.8 Å². The van der Waals surface area contributed by atoms with Crippen molar-refractivity contribution in [3.8, 4) is 11.5 Å². The largest absolute Gasteiger partial charge is 0.454 e. The second-order valence-corrected chi connectivity index (χ2v) is 6.37. The molecule has 0 amide bonds. The Bertz CT molecular complexity index is 922. The van der Waals surface area contributed by atoms with Crippen molar-refractivity contribution in [2.75, 3.05) is 13.0 Å². The van der Waals surface area contributed by atoms with Crippen LogP contribution in [0.15, 0.2) is 46.6 Å². The number of ether oxygens (including phenoxy) is 2. The zero-order valence-corrected chi connectivity index (χ0v) is 14.1. The minimum atomic E-state index is -0.422. The molecule has 0 unspecified atom stereocenters. The summed E-state index contributed by atoms with van der Waals surface area (Å²) in [5.41, 5.74) is 3.39. The first kappa shape index (κ1) is 15.6. The van der Waals surface area contributed by atoms with Crippen LogP contribution in [0.1, 0.15) is 16.7 Å². The molecule has 8 heteroatoms. The van der Waals surface area contributed by atoms with Gasteiger partial charge in [0.05, 0.1) is 9.97 Å². The maximum atomic E-state index is 10.9. The molecule has 0 saturated carbocycles. The van der Waals surface area contributed by atoms with Crippen molar-refractivity contribution in [1.29, 1.82) is 0 Å². The number of hydrogen-bond acceptors (Lipinski definition) is 7. The summed E-state index contributed by atoms with van der Waals surface area (Å²) in [7, 11) is 0. The summed E-state index contributed by atoms with van der Waals surface area (Å²) in [4.78, 5) is 10.5. The standard InChI is InChI=1S/C17H13N3O4S/c1-25-16-7-11-6-14-15(24-9-23-14)8-13(11)17(19-18-16)10-2-4-12(5-3-10)20(21)22/h2-6,8H,7,9H2,1H3. The van der Waals surface area contributed by atoms with Gasteiger partial charge in [0.25, 0.3) is 5.69 Å². The van der Waals surface area contributed by atoms with Crippen molar-refractivity contribution in [1.82, 2.24) is 0 Å². The van der Waals surface area contributed by atoms with Crippen molar-refractivity contribution in [3.63, 3.8) is 0 Å². The molecular formula is C17H13N3O4S. The van der Waals surface area contributed by atoms with Crippen molar-refractivity contribution >= 4 is 28.2 Å². The fraction of sp³-hybridized carbons (Fsp3) is 0.176. The van der Waals surface area contributed by atoms with Gasteiger partial charge in [0.15, 0.2) is 11.5 Å². The summed E-state index contributed by atoms with van der Waals surface area (Å²) in [5, 5.41) is 20.5. The highest BCUT2D eigenvalue weighted by Crippen LogP contribution is 2.37. The highest BCUT2D eigenvalue weighted by molar-refractivity contribution is 8.13. The molecule has 7 nitrogen and oxygen atoms in total.